The van der Waals surface area contributed by atoms with Crippen LogP contribution in [0.3, 0.4) is 0 Å². The van der Waals surface area contributed by atoms with Crippen LogP contribution in [0.15, 0.2) is 55.1 Å². The lowest BCUT2D eigenvalue weighted by molar-refractivity contribution is -0.139. The third-order valence-electron chi connectivity index (χ3n) is 8.00. The van der Waals surface area contributed by atoms with E-state index in [1.54, 1.807) is 18.2 Å². The van der Waals surface area contributed by atoms with Crippen LogP contribution in [0.5, 0.6) is 17.2 Å². The Balaban J connectivity index is 1.19. The molecule has 6 rings (SSSR count). The Morgan fingerprint density at radius 3 is 2.45 bits per heavy atom. The van der Waals surface area contributed by atoms with Crippen LogP contribution in [0.25, 0.3) is 6.08 Å². The highest BCUT2D eigenvalue weighted by Gasteiger charge is 2.41. The van der Waals surface area contributed by atoms with Crippen LogP contribution in [0, 0.1) is 0 Å². The number of fused-ring (bicyclic) bond motifs is 1. The van der Waals surface area contributed by atoms with E-state index in [0.717, 1.165) is 59.3 Å². The molecule has 7 heteroatoms. The fraction of sp³-hybridized carbons (Fsp3) is 0.333. The molecule has 2 saturated carbocycles. The zero-order chi connectivity index (χ0) is 27.8. The Hall–Kier alpha value is -3.77. The normalized spacial score (nSPS) is 17.9. The SMILES string of the molecule is C=Cc1cc(Cl)ccc1CCNC(=O)c1ccc(Oc2c(C3CC3)cc3c(c2C2CC2)OCCC3C(=O)O)cc1. The topological polar surface area (TPSA) is 84.9 Å². The summed E-state index contributed by atoms with van der Waals surface area (Å²) < 4.78 is 12.6. The fourth-order valence-corrected chi connectivity index (χ4v) is 5.75. The number of carbonyl (C=O) groups excluding carboxylic acids is 1. The molecule has 1 atom stereocenters. The van der Waals surface area contributed by atoms with Crippen LogP contribution in [-0.4, -0.2) is 30.1 Å². The maximum atomic E-state index is 12.8. The molecule has 0 radical (unpaired) electrons. The van der Waals surface area contributed by atoms with Crippen molar-refractivity contribution >= 4 is 29.6 Å². The number of rotatable bonds is 10. The van der Waals surface area contributed by atoms with Crippen molar-refractivity contribution in [2.24, 2.45) is 0 Å². The molecule has 3 aliphatic rings. The third kappa shape index (κ3) is 5.46. The zero-order valence-corrected chi connectivity index (χ0v) is 23.0. The Morgan fingerprint density at radius 1 is 1.02 bits per heavy atom. The van der Waals surface area contributed by atoms with Gasteiger partial charge in [-0.15, -0.1) is 0 Å². The van der Waals surface area contributed by atoms with Gasteiger partial charge in [-0.05, 0) is 110 Å². The largest absolute Gasteiger partial charge is 0.493 e. The highest BCUT2D eigenvalue weighted by Crippen LogP contribution is 2.58. The van der Waals surface area contributed by atoms with E-state index in [9.17, 15) is 14.7 Å². The van der Waals surface area contributed by atoms with Crippen molar-refractivity contribution in [2.45, 2.75) is 56.3 Å². The Labute approximate surface area is 239 Å². The molecule has 2 aliphatic carbocycles. The first kappa shape index (κ1) is 26.5. The first-order valence-corrected chi connectivity index (χ1v) is 14.3. The van der Waals surface area contributed by atoms with Gasteiger partial charge in [-0.25, -0.2) is 0 Å². The van der Waals surface area contributed by atoms with Gasteiger partial charge in [0.25, 0.3) is 5.91 Å². The van der Waals surface area contributed by atoms with E-state index >= 15 is 0 Å². The van der Waals surface area contributed by atoms with Crippen molar-refractivity contribution in [1.29, 1.82) is 0 Å². The lowest BCUT2D eigenvalue weighted by atomic mass is 9.86. The molecule has 3 aromatic carbocycles. The van der Waals surface area contributed by atoms with Crippen LogP contribution in [0.4, 0.5) is 0 Å². The van der Waals surface area contributed by atoms with Crippen molar-refractivity contribution in [3.63, 3.8) is 0 Å². The second-order valence-corrected chi connectivity index (χ2v) is 11.3. The minimum atomic E-state index is -0.801. The predicted octanol–water partition coefficient (Wildman–Crippen LogP) is 7.45. The number of halogens is 1. The van der Waals surface area contributed by atoms with Gasteiger partial charge in [0, 0.05) is 28.3 Å². The standard InChI is InChI=1S/C33H32ClNO5/c1-2-19-17-24(34)10-7-20(19)13-15-35-32(36)23-8-11-25(12-9-23)40-31-27(21-3-4-21)18-28-26(33(37)38)14-16-39-30(28)29(31)22-5-6-22/h2,7-12,17-18,21-22,26H,1,3-6,13-16H2,(H,35,36)(H,37,38). The maximum Gasteiger partial charge on any atom is 0.311 e. The third-order valence-corrected chi connectivity index (χ3v) is 8.23. The van der Waals surface area contributed by atoms with Crippen molar-refractivity contribution in [2.75, 3.05) is 13.2 Å². The summed E-state index contributed by atoms with van der Waals surface area (Å²) in [5.74, 6) is 1.36. The lowest BCUT2D eigenvalue weighted by Crippen LogP contribution is -2.25. The van der Waals surface area contributed by atoms with Gasteiger partial charge in [-0.3, -0.25) is 9.59 Å². The van der Waals surface area contributed by atoms with E-state index in [4.69, 9.17) is 21.1 Å². The van der Waals surface area contributed by atoms with E-state index in [1.165, 1.54) is 0 Å². The van der Waals surface area contributed by atoms with Gasteiger partial charge in [0.15, 0.2) is 0 Å². The number of benzene rings is 3. The molecule has 1 amide bonds. The average Bonchev–Trinajstić information content (AvgIpc) is 3.87. The van der Waals surface area contributed by atoms with Crippen LogP contribution < -0.4 is 14.8 Å². The highest BCUT2D eigenvalue weighted by molar-refractivity contribution is 6.30. The molecular weight excluding hydrogens is 526 g/mol. The van der Waals surface area contributed by atoms with Crippen LogP contribution in [0.2, 0.25) is 5.02 Å². The number of aliphatic carboxylic acids is 1. The number of ether oxygens (including phenoxy) is 2. The molecular formula is C33H32ClNO5. The Bertz CT molecular complexity index is 1470. The number of hydrogen-bond acceptors (Lipinski definition) is 4. The summed E-state index contributed by atoms with van der Waals surface area (Å²) in [5, 5.41) is 13.5. The molecule has 0 aromatic heterocycles. The van der Waals surface area contributed by atoms with Crippen molar-refractivity contribution in [1.82, 2.24) is 5.32 Å². The Kier molecular flexibility index (Phi) is 7.28. The van der Waals surface area contributed by atoms with Gasteiger partial charge in [0.1, 0.15) is 17.2 Å². The first-order valence-electron chi connectivity index (χ1n) is 14.0. The smallest absolute Gasteiger partial charge is 0.311 e. The average molecular weight is 558 g/mol. The van der Waals surface area contributed by atoms with Crippen molar-refractivity contribution in [3.05, 3.63) is 93.5 Å². The molecule has 6 nitrogen and oxygen atoms in total. The molecule has 2 N–H and O–H groups in total. The van der Waals surface area contributed by atoms with Crippen LogP contribution in [0.1, 0.15) is 88.0 Å². The summed E-state index contributed by atoms with van der Waals surface area (Å²) >= 11 is 6.07. The predicted molar refractivity (Wildman–Crippen MR) is 155 cm³/mol. The number of carbonyl (C=O) groups is 2. The number of carboxylic acid groups (broad SMARTS) is 1. The molecule has 1 heterocycles. The van der Waals surface area contributed by atoms with Gasteiger partial charge in [0.2, 0.25) is 0 Å². The monoisotopic (exact) mass is 557 g/mol. The van der Waals surface area contributed by atoms with Gasteiger partial charge in [-0.2, -0.15) is 0 Å². The van der Waals surface area contributed by atoms with Crippen molar-refractivity contribution in [3.8, 4) is 17.2 Å². The number of nitrogens with one attached hydrogen (secondary N) is 1. The second kappa shape index (κ2) is 11.0. The fourth-order valence-electron chi connectivity index (χ4n) is 5.57. The maximum absolute atomic E-state index is 12.8. The summed E-state index contributed by atoms with van der Waals surface area (Å²) in [4.78, 5) is 24.8. The highest BCUT2D eigenvalue weighted by atomic mass is 35.5. The van der Waals surface area contributed by atoms with Gasteiger partial charge >= 0.3 is 5.97 Å². The summed E-state index contributed by atoms with van der Waals surface area (Å²) in [6, 6.07) is 14.9. The van der Waals surface area contributed by atoms with Crippen LogP contribution in [-0.2, 0) is 11.2 Å². The lowest BCUT2D eigenvalue weighted by Gasteiger charge is -2.28. The summed E-state index contributed by atoms with van der Waals surface area (Å²) in [6.07, 6.45) is 7.15. The minimum absolute atomic E-state index is 0.153. The number of hydrogen-bond donors (Lipinski definition) is 2. The summed E-state index contributed by atoms with van der Waals surface area (Å²) in [5.41, 5.74) is 5.49. The summed E-state index contributed by atoms with van der Waals surface area (Å²) in [6.45, 7) is 4.72. The van der Waals surface area contributed by atoms with E-state index in [1.807, 2.05) is 36.4 Å². The van der Waals surface area contributed by atoms with Gasteiger partial charge in [0.05, 0.1) is 12.5 Å². The van der Waals surface area contributed by atoms with E-state index in [-0.39, 0.29) is 5.91 Å². The molecule has 1 unspecified atom stereocenters. The van der Waals surface area contributed by atoms with Crippen LogP contribution >= 0.6 is 11.6 Å². The molecule has 1 aliphatic heterocycles. The molecule has 2 fully saturated rings. The molecule has 206 valence electrons. The number of carboxylic acids is 1. The second-order valence-electron chi connectivity index (χ2n) is 10.9. The minimum Gasteiger partial charge on any atom is -0.493 e. The van der Waals surface area contributed by atoms with Gasteiger partial charge < -0.3 is 19.9 Å². The molecule has 0 saturated heterocycles. The molecule has 40 heavy (non-hydrogen) atoms. The molecule has 0 bridgehead atoms. The Morgan fingerprint density at radius 2 is 1.77 bits per heavy atom. The van der Waals surface area contributed by atoms with Crippen molar-refractivity contribution < 1.29 is 24.2 Å². The molecule has 0 spiro atoms. The zero-order valence-electron chi connectivity index (χ0n) is 22.3. The van der Waals surface area contributed by atoms with Gasteiger partial charge in [-0.1, -0.05) is 30.3 Å². The van der Waals surface area contributed by atoms with E-state index < -0.39 is 11.9 Å². The quantitative estimate of drug-likeness (QED) is 0.270. The van der Waals surface area contributed by atoms with E-state index in [0.29, 0.717) is 59.9 Å². The first-order chi connectivity index (χ1) is 19.4. The molecule has 3 aromatic rings. The van der Waals surface area contributed by atoms with E-state index in [2.05, 4.69) is 11.9 Å². The number of amides is 1. The summed E-state index contributed by atoms with van der Waals surface area (Å²) in [7, 11) is 0.